The first-order chi connectivity index (χ1) is 15.7. The van der Waals surface area contributed by atoms with E-state index in [0.717, 1.165) is 12.1 Å². The molecule has 1 heterocycles. The number of hydrogen-bond donors (Lipinski definition) is 1. The highest BCUT2D eigenvalue weighted by Gasteiger charge is 2.62. The van der Waals surface area contributed by atoms with Crippen LogP contribution in [-0.4, -0.2) is 30.5 Å². The third-order valence-corrected chi connectivity index (χ3v) is 5.78. The maximum absolute atomic E-state index is 14.0. The molecule has 1 unspecified atom stereocenters. The van der Waals surface area contributed by atoms with Crippen molar-refractivity contribution in [3.05, 3.63) is 73.7 Å². The highest BCUT2D eigenvalue weighted by Crippen LogP contribution is 2.49. The number of benzene rings is 2. The predicted octanol–water partition coefficient (Wildman–Crippen LogP) is 7.30. The van der Waals surface area contributed by atoms with E-state index >= 15 is 0 Å². The van der Waals surface area contributed by atoms with Crippen LogP contribution in [0.15, 0.2) is 52.1 Å². The third kappa shape index (κ3) is 6.05. The number of alkyl halides is 6. The number of nitrogens with one attached hydrogen (secondary N) is 1. The molecule has 0 spiro atoms. The SMILES string of the molecule is O=C(NCC(F)(F)F)c1ccc(/C=C/C2=NOC(c3cc(Cl)cc(Cl)c3)(C(F)(F)F)C2)cc1Br. The van der Waals surface area contributed by atoms with E-state index in [1.165, 1.54) is 36.4 Å². The molecule has 1 aliphatic rings. The van der Waals surface area contributed by atoms with Crippen molar-refractivity contribution in [2.75, 3.05) is 6.54 Å². The van der Waals surface area contributed by atoms with Gasteiger partial charge in [0.15, 0.2) is 0 Å². The number of carbonyl (C=O) groups excluding carboxylic acids is 1. The van der Waals surface area contributed by atoms with Crippen molar-refractivity contribution >= 4 is 56.8 Å². The lowest BCUT2D eigenvalue weighted by atomic mass is 9.88. The summed E-state index contributed by atoms with van der Waals surface area (Å²) in [6, 6.07) is 7.59. The van der Waals surface area contributed by atoms with Gasteiger partial charge in [0, 0.05) is 26.5 Å². The van der Waals surface area contributed by atoms with Gasteiger partial charge in [0.05, 0.1) is 11.3 Å². The summed E-state index contributed by atoms with van der Waals surface area (Å²) in [6.07, 6.45) is -7.33. The maximum Gasteiger partial charge on any atom is 0.435 e. The molecule has 2 aromatic rings. The largest absolute Gasteiger partial charge is 0.435 e. The standard InChI is InChI=1S/C21H13BrCl2F6N2O2/c22-17-5-11(2-4-16(17)18(33)31-10-20(25,26)27)1-3-15-9-19(34-32-15,21(28,29)30)12-6-13(23)8-14(24)7-12/h1-8H,9-10H2,(H,31,33)/b3-1+. The highest BCUT2D eigenvalue weighted by atomic mass is 79.9. The molecular weight excluding hydrogens is 577 g/mol. The van der Waals surface area contributed by atoms with Crippen LogP contribution in [0, 0.1) is 0 Å². The number of carbonyl (C=O) groups is 1. The molecule has 0 aliphatic carbocycles. The fourth-order valence-corrected chi connectivity index (χ4v) is 4.19. The molecule has 0 radical (unpaired) electrons. The molecule has 0 aromatic heterocycles. The minimum absolute atomic E-state index is 0.00271. The zero-order valence-corrected chi connectivity index (χ0v) is 19.8. The number of nitrogens with zero attached hydrogens (tertiary/aromatic N) is 1. The lowest BCUT2D eigenvalue weighted by Crippen LogP contribution is -2.42. The van der Waals surface area contributed by atoms with Crippen molar-refractivity contribution in [3.63, 3.8) is 0 Å². The quantitative estimate of drug-likeness (QED) is 0.372. The van der Waals surface area contributed by atoms with Crippen molar-refractivity contribution < 1.29 is 36.0 Å². The number of amides is 1. The third-order valence-electron chi connectivity index (χ3n) is 4.69. The monoisotopic (exact) mass is 588 g/mol. The number of halogens is 9. The first-order valence-corrected chi connectivity index (χ1v) is 10.9. The van der Waals surface area contributed by atoms with Gasteiger partial charge in [0.25, 0.3) is 11.5 Å². The predicted molar refractivity (Wildman–Crippen MR) is 119 cm³/mol. The minimum atomic E-state index is -4.84. The second-order valence-electron chi connectivity index (χ2n) is 7.20. The number of allylic oxidation sites excluding steroid dienone is 1. The minimum Gasteiger partial charge on any atom is -0.374 e. The Labute approximate surface area is 207 Å². The van der Waals surface area contributed by atoms with Crippen LogP contribution in [0.2, 0.25) is 10.0 Å². The van der Waals surface area contributed by atoms with Gasteiger partial charge in [-0.25, -0.2) is 0 Å². The van der Waals surface area contributed by atoms with E-state index in [4.69, 9.17) is 28.0 Å². The van der Waals surface area contributed by atoms with E-state index in [1.54, 1.807) is 5.32 Å². The number of hydrogen-bond acceptors (Lipinski definition) is 3. The molecule has 34 heavy (non-hydrogen) atoms. The first kappa shape index (κ1) is 26.4. The Morgan fingerprint density at radius 2 is 1.74 bits per heavy atom. The van der Waals surface area contributed by atoms with E-state index in [1.807, 2.05) is 0 Å². The summed E-state index contributed by atoms with van der Waals surface area (Å²) < 4.78 is 79.0. The summed E-state index contributed by atoms with van der Waals surface area (Å²) in [7, 11) is 0. The molecule has 4 nitrogen and oxygen atoms in total. The second-order valence-corrected chi connectivity index (χ2v) is 8.93. The molecule has 13 heteroatoms. The van der Waals surface area contributed by atoms with Crippen molar-refractivity contribution in [3.8, 4) is 0 Å². The number of oxime groups is 1. The molecule has 182 valence electrons. The van der Waals surface area contributed by atoms with Gasteiger partial charge < -0.3 is 10.2 Å². The van der Waals surface area contributed by atoms with E-state index < -0.39 is 36.8 Å². The summed E-state index contributed by atoms with van der Waals surface area (Å²) in [5.74, 6) is -0.941. The Balaban J connectivity index is 1.77. The van der Waals surface area contributed by atoms with Gasteiger partial charge in [-0.2, -0.15) is 26.3 Å². The topological polar surface area (TPSA) is 50.7 Å². The van der Waals surface area contributed by atoms with Crippen LogP contribution >= 0.6 is 39.1 Å². The molecular formula is C21H13BrCl2F6N2O2. The van der Waals surface area contributed by atoms with Crippen LogP contribution in [0.4, 0.5) is 26.3 Å². The van der Waals surface area contributed by atoms with E-state index in [-0.39, 0.29) is 31.4 Å². The van der Waals surface area contributed by atoms with E-state index in [0.29, 0.717) is 5.56 Å². The van der Waals surface area contributed by atoms with Crippen molar-refractivity contribution in [1.82, 2.24) is 5.32 Å². The average Bonchev–Trinajstić information content (AvgIpc) is 3.15. The molecule has 2 aromatic carbocycles. The molecule has 1 N–H and O–H groups in total. The first-order valence-electron chi connectivity index (χ1n) is 9.31. The highest BCUT2D eigenvalue weighted by molar-refractivity contribution is 9.10. The normalized spacial score (nSPS) is 18.7. The van der Waals surface area contributed by atoms with Crippen molar-refractivity contribution in [1.29, 1.82) is 0 Å². The van der Waals surface area contributed by atoms with Gasteiger partial charge in [-0.3, -0.25) is 4.79 Å². The van der Waals surface area contributed by atoms with Gasteiger partial charge in [-0.05, 0) is 57.9 Å². The van der Waals surface area contributed by atoms with Crippen molar-refractivity contribution in [2.45, 2.75) is 24.4 Å². The Morgan fingerprint density at radius 1 is 1.09 bits per heavy atom. The molecule has 0 fully saturated rings. The van der Waals surface area contributed by atoms with Gasteiger partial charge >= 0.3 is 12.4 Å². The Hall–Kier alpha value is -2.24. The molecule has 1 atom stereocenters. The van der Waals surface area contributed by atoms with Crippen LogP contribution in [0.5, 0.6) is 0 Å². The summed E-state index contributed by atoms with van der Waals surface area (Å²) in [4.78, 5) is 16.8. The molecule has 3 rings (SSSR count). The Bertz CT molecular complexity index is 1150. The van der Waals surface area contributed by atoms with E-state index in [9.17, 15) is 31.1 Å². The molecule has 0 saturated carbocycles. The maximum atomic E-state index is 14.0. The summed E-state index contributed by atoms with van der Waals surface area (Å²) in [5.41, 5.74) is -2.71. The Morgan fingerprint density at radius 3 is 2.29 bits per heavy atom. The number of rotatable bonds is 5. The van der Waals surface area contributed by atoms with Crippen LogP contribution in [0.1, 0.15) is 27.9 Å². The summed E-state index contributed by atoms with van der Waals surface area (Å²) in [5, 5.41) is 5.32. The smallest absolute Gasteiger partial charge is 0.374 e. The summed E-state index contributed by atoms with van der Waals surface area (Å²) >= 11 is 14.8. The second kappa shape index (κ2) is 9.79. The zero-order valence-electron chi connectivity index (χ0n) is 16.7. The lowest BCUT2D eigenvalue weighted by molar-refractivity contribution is -0.275. The lowest BCUT2D eigenvalue weighted by Gasteiger charge is -2.29. The van der Waals surface area contributed by atoms with Gasteiger partial charge in [-0.15, -0.1) is 0 Å². The zero-order chi connectivity index (χ0) is 25.3. The van der Waals surface area contributed by atoms with Gasteiger partial charge in [0.1, 0.15) is 6.54 Å². The van der Waals surface area contributed by atoms with Crippen LogP contribution in [0.25, 0.3) is 6.08 Å². The molecule has 1 aliphatic heterocycles. The molecule has 1 amide bonds. The molecule has 0 saturated heterocycles. The fraction of sp³-hybridized carbons (Fsp3) is 0.238. The van der Waals surface area contributed by atoms with Crippen LogP contribution in [-0.2, 0) is 10.4 Å². The summed E-state index contributed by atoms with van der Waals surface area (Å²) in [6.45, 7) is -1.49. The average molecular weight is 590 g/mol. The Kier molecular flexibility index (Phi) is 7.59. The van der Waals surface area contributed by atoms with Gasteiger partial charge in [-0.1, -0.05) is 40.5 Å². The van der Waals surface area contributed by atoms with E-state index in [2.05, 4.69) is 21.1 Å². The van der Waals surface area contributed by atoms with Gasteiger partial charge in [0.2, 0.25) is 0 Å². The van der Waals surface area contributed by atoms with Crippen molar-refractivity contribution in [2.24, 2.45) is 5.16 Å². The van der Waals surface area contributed by atoms with Crippen LogP contribution in [0.3, 0.4) is 0 Å². The molecule has 0 bridgehead atoms. The fourth-order valence-electron chi connectivity index (χ4n) is 3.09. The van der Waals surface area contributed by atoms with Crippen LogP contribution < -0.4 is 5.32 Å².